The van der Waals surface area contributed by atoms with Crippen molar-refractivity contribution < 1.29 is 18.6 Å². The van der Waals surface area contributed by atoms with Crippen molar-refractivity contribution in [2.45, 2.75) is 26.8 Å². The molecule has 2 atom stereocenters. The summed E-state index contributed by atoms with van der Waals surface area (Å²) in [5.74, 6) is -0.202. The molecule has 0 radical (unpaired) electrons. The topological polar surface area (TPSA) is 64.6 Å². The van der Waals surface area contributed by atoms with Gasteiger partial charge in [-0.05, 0) is 22.4 Å². The summed E-state index contributed by atoms with van der Waals surface area (Å²) in [6.45, 7) is 2.16. The Balaban J connectivity index is 1.85. The van der Waals surface area contributed by atoms with E-state index in [1.54, 1.807) is 36.4 Å². The molecule has 0 fully saturated rings. The van der Waals surface area contributed by atoms with Gasteiger partial charge in [-0.2, -0.15) is 0 Å². The van der Waals surface area contributed by atoms with Crippen LogP contribution >= 0.6 is 18.1 Å². The summed E-state index contributed by atoms with van der Waals surface area (Å²) in [5.41, 5.74) is 0.375. The first kappa shape index (κ1) is 22.4. The van der Waals surface area contributed by atoms with Crippen LogP contribution < -0.4 is 9.61 Å². The predicted molar refractivity (Wildman–Crippen MR) is 121 cm³/mol. The Labute approximate surface area is 181 Å². The third-order valence-electron chi connectivity index (χ3n) is 4.26. The number of fused-ring (bicyclic) bond motifs is 1. The van der Waals surface area contributed by atoms with Crippen LogP contribution in [0.4, 0.5) is 0 Å². The summed E-state index contributed by atoms with van der Waals surface area (Å²) in [4.78, 5) is 12.8. The maximum atomic E-state index is 13.1. The fourth-order valence-electron chi connectivity index (χ4n) is 2.86. The molecule has 0 amide bonds. The van der Waals surface area contributed by atoms with Crippen LogP contribution in [0.3, 0.4) is 0 Å². The van der Waals surface area contributed by atoms with Gasteiger partial charge < -0.3 is 9.26 Å². The average Bonchev–Trinajstić information content (AvgIpc) is 2.70. The minimum absolute atomic E-state index is 0.207. The van der Waals surface area contributed by atoms with Crippen molar-refractivity contribution >= 4 is 34.9 Å². The lowest BCUT2D eigenvalue weighted by molar-refractivity contribution is -0.148. The van der Waals surface area contributed by atoms with E-state index in [1.165, 1.54) is 0 Å². The Morgan fingerprint density at radius 2 is 1.63 bits per heavy atom. The monoisotopic (exact) mass is 445 g/mol. The van der Waals surface area contributed by atoms with Crippen LogP contribution in [0.5, 0.6) is 5.75 Å². The summed E-state index contributed by atoms with van der Waals surface area (Å²) >= 11 is 6.26. The van der Waals surface area contributed by atoms with Crippen molar-refractivity contribution in [3.63, 3.8) is 0 Å². The first-order chi connectivity index (χ1) is 14.1. The van der Waals surface area contributed by atoms with Gasteiger partial charge in [0.2, 0.25) is 0 Å². The molecule has 0 aliphatic carbocycles. The zero-order valence-corrected chi connectivity index (χ0v) is 18.8. The highest BCUT2D eigenvalue weighted by Crippen LogP contribution is 2.51. The number of halogens is 1. The number of nitrogens with one attached hydrogen (secondary N) is 1. The normalized spacial score (nSPS) is 14.7. The number of carbonyl (C=O) groups is 1. The lowest BCUT2D eigenvalue weighted by Gasteiger charge is -2.24. The molecule has 0 saturated heterocycles. The molecule has 0 aliphatic heterocycles. The summed E-state index contributed by atoms with van der Waals surface area (Å²) in [6.07, 6.45) is 0. The number of hydrogen-bond donors (Lipinski definition) is 1. The molecule has 2 unspecified atom stereocenters. The van der Waals surface area contributed by atoms with Gasteiger partial charge in [0.1, 0.15) is 11.8 Å². The second-order valence-corrected chi connectivity index (χ2v) is 10.9. The van der Waals surface area contributed by atoms with Gasteiger partial charge in [0.25, 0.3) is 0 Å². The SMILES string of the molecule is CC(C)(C)COC(=O)C(NP(=O)(Cl)Oc1cccc2ccccc12)c1ccccc1. The third-order valence-corrected chi connectivity index (χ3v) is 5.76. The van der Waals surface area contributed by atoms with Crippen LogP contribution in [-0.2, 0) is 14.1 Å². The Bertz CT molecular complexity index is 1060. The van der Waals surface area contributed by atoms with Crippen LogP contribution in [0.25, 0.3) is 10.8 Å². The van der Waals surface area contributed by atoms with Crippen LogP contribution in [0.15, 0.2) is 72.8 Å². The van der Waals surface area contributed by atoms with Crippen molar-refractivity contribution in [3.8, 4) is 5.75 Å². The highest BCUT2D eigenvalue weighted by Gasteiger charge is 2.33. The molecule has 0 saturated carbocycles. The summed E-state index contributed by atoms with van der Waals surface area (Å²) in [7, 11) is 0. The van der Waals surface area contributed by atoms with E-state index in [-0.39, 0.29) is 12.0 Å². The number of hydrogen-bond acceptors (Lipinski definition) is 4. The Hall–Kier alpha value is -2.33. The minimum atomic E-state index is -3.94. The summed E-state index contributed by atoms with van der Waals surface area (Å²) in [6, 6.07) is 20.8. The zero-order chi connectivity index (χ0) is 21.8. The van der Waals surface area contributed by atoms with Crippen LogP contribution in [0, 0.1) is 5.41 Å². The van der Waals surface area contributed by atoms with Crippen molar-refractivity contribution in [2.75, 3.05) is 6.61 Å². The van der Waals surface area contributed by atoms with Gasteiger partial charge in [-0.25, -0.2) is 14.4 Å². The zero-order valence-electron chi connectivity index (χ0n) is 17.2. The van der Waals surface area contributed by atoms with Crippen molar-refractivity contribution in [3.05, 3.63) is 78.4 Å². The Morgan fingerprint density at radius 1 is 1.00 bits per heavy atom. The fraction of sp³-hybridized carbons (Fsp3) is 0.261. The van der Waals surface area contributed by atoms with E-state index in [4.69, 9.17) is 20.5 Å². The van der Waals surface area contributed by atoms with E-state index in [0.717, 1.165) is 10.8 Å². The summed E-state index contributed by atoms with van der Waals surface area (Å²) in [5, 5.41) is 4.38. The number of esters is 1. The molecule has 3 aromatic carbocycles. The van der Waals surface area contributed by atoms with Crippen LogP contribution in [-0.4, -0.2) is 12.6 Å². The molecular weight excluding hydrogens is 421 g/mol. The lowest BCUT2D eigenvalue weighted by atomic mass is 9.98. The minimum Gasteiger partial charge on any atom is -0.464 e. The van der Waals surface area contributed by atoms with Crippen molar-refractivity contribution in [1.82, 2.24) is 5.09 Å². The lowest BCUT2D eigenvalue weighted by Crippen LogP contribution is -2.30. The Kier molecular flexibility index (Phi) is 6.87. The van der Waals surface area contributed by atoms with E-state index in [1.807, 2.05) is 57.2 Å². The standard InChI is InChI=1S/C23H25ClNO4P/c1-23(2,3)16-28-22(26)21(18-11-5-4-6-12-18)25-30(24,27)29-20-15-9-13-17-10-7-8-14-19(17)20/h4-15,21H,16H2,1-3H3,(H,25,27). The molecule has 0 bridgehead atoms. The second kappa shape index (κ2) is 9.22. The largest absolute Gasteiger partial charge is 0.464 e. The molecular formula is C23H25ClNO4P. The highest BCUT2D eigenvalue weighted by molar-refractivity contribution is 7.84. The number of carbonyl (C=O) groups excluding carboxylic acids is 1. The molecule has 0 heterocycles. The highest BCUT2D eigenvalue weighted by atomic mass is 35.7. The van der Waals surface area contributed by atoms with Crippen molar-refractivity contribution in [2.24, 2.45) is 5.41 Å². The first-order valence-electron chi connectivity index (χ1n) is 9.61. The molecule has 0 spiro atoms. The van der Waals surface area contributed by atoms with Gasteiger partial charge >= 0.3 is 12.8 Å². The summed E-state index contributed by atoms with van der Waals surface area (Å²) < 4.78 is 24.3. The van der Waals surface area contributed by atoms with Gasteiger partial charge in [-0.15, -0.1) is 0 Å². The fourth-order valence-corrected chi connectivity index (χ4v) is 4.41. The molecule has 7 heteroatoms. The van der Waals surface area contributed by atoms with E-state index in [9.17, 15) is 9.36 Å². The quantitative estimate of drug-likeness (QED) is 0.333. The van der Waals surface area contributed by atoms with Gasteiger partial charge in [0.15, 0.2) is 0 Å². The molecule has 1 N–H and O–H groups in total. The molecule has 0 aliphatic rings. The van der Waals surface area contributed by atoms with Crippen LogP contribution in [0.2, 0.25) is 0 Å². The first-order valence-corrected chi connectivity index (χ1v) is 12.1. The van der Waals surface area contributed by atoms with Crippen molar-refractivity contribution in [1.29, 1.82) is 0 Å². The van der Waals surface area contributed by atoms with E-state index in [2.05, 4.69) is 5.09 Å². The molecule has 158 valence electrons. The third kappa shape index (κ3) is 6.09. The van der Waals surface area contributed by atoms with E-state index >= 15 is 0 Å². The number of benzene rings is 3. The van der Waals surface area contributed by atoms with E-state index in [0.29, 0.717) is 11.3 Å². The maximum Gasteiger partial charge on any atom is 0.410 e. The average molecular weight is 446 g/mol. The maximum absolute atomic E-state index is 13.1. The molecule has 3 aromatic rings. The van der Waals surface area contributed by atoms with Gasteiger partial charge in [0.05, 0.1) is 6.61 Å². The van der Waals surface area contributed by atoms with Gasteiger partial charge in [0, 0.05) is 16.6 Å². The molecule has 5 nitrogen and oxygen atoms in total. The molecule has 0 aromatic heterocycles. The molecule has 30 heavy (non-hydrogen) atoms. The Morgan fingerprint density at radius 3 is 2.33 bits per heavy atom. The van der Waals surface area contributed by atoms with Gasteiger partial charge in [-0.3, -0.25) is 0 Å². The number of ether oxygens (including phenoxy) is 1. The predicted octanol–water partition coefficient (Wildman–Crippen LogP) is 6.49. The second-order valence-electron chi connectivity index (χ2n) is 8.19. The number of rotatable bonds is 7. The van der Waals surface area contributed by atoms with E-state index < -0.39 is 18.9 Å². The smallest absolute Gasteiger partial charge is 0.410 e. The molecule has 3 rings (SSSR count). The van der Waals surface area contributed by atoms with Gasteiger partial charge in [-0.1, -0.05) is 87.5 Å². The van der Waals surface area contributed by atoms with Crippen LogP contribution in [0.1, 0.15) is 32.4 Å².